The van der Waals surface area contributed by atoms with E-state index in [4.69, 9.17) is 16.1 Å². The summed E-state index contributed by atoms with van der Waals surface area (Å²) in [6.45, 7) is 0. The van der Waals surface area contributed by atoms with E-state index in [1.54, 1.807) is 0 Å². The molecule has 0 atom stereocenters. The molecule has 2 rings (SSSR count). The van der Waals surface area contributed by atoms with Crippen LogP contribution in [-0.2, 0) is 6.42 Å². The van der Waals surface area contributed by atoms with Crippen molar-refractivity contribution in [2.45, 2.75) is 25.7 Å². The highest BCUT2D eigenvalue weighted by atomic mass is 35.5. The first-order chi connectivity index (χ1) is 5.34. The molecule has 0 N–H and O–H groups in total. The highest BCUT2D eigenvalue weighted by Crippen LogP contribution is 2.29. The molecule has 3 nitrogen and oxygen atoms in total. The highest BCUT2D eigenvalue weighted by Gasteiger charge is 2.20. The van der Waals surface area contributed by atoms with Gasteiger partial charge in [-0.1, -0.05) is 6.42 Å². The fraction of sp³-hybridized carbons (Fsp3) is 0.714. The van der Waals surface area contributed by atoms with E-state index >= 15 is 0 Å². The van der Waals surface area contributed by atoms with Crippen molar-refractivity contribution in [1.82, 2.24) is 10.1 Å². The fourth-order valence-corrected chi connectivity index (χ4v) is 1.39. The molecular formula is C7H9ClN2O. The lowest BCUT2D eigenvalue weighted by Crippen LogP contribution is -2.13. The van der Waals surface area contributed by atoms with E-state index in [-0.39, 0.29) is 5.28 Å². The molecule has 0 saturated heterocycles. The van der Waals surface area contributed by atoms with Crippen LogP contribution >= 0.6 is 11.6 Å². The maximum Gasteiger partial charge on any atom is 0.263 e. The van der Waals surface area contributed by atoms with Crippen LogP contribution in [0, 0.1) is 5.92 Å². The van der Waals surface area contributed by atoms with Gasteiger partial charge in [0, 0.05) is 6.42 Å². The zero-order chi connectivity index (χ0) is 7.68. The SMILES string of the molecule is Clc1noc(CC2CCC2)n1. The number of hydrogen-bond donors (Lipinski definition) is 0. The summed E-state index contributed by atoms with van der Waals surface area (Å²) in [6.07, 6.45) is 4.83. The molecule has 0 unspecified atom stereocenters. The van der Waals surface area contributed by atoms with Crippen LogP contribution in [-0.4, -0.2) is 10.1 Å². The maximum atomic E-state index is 5.49. The Morgan fingerprint density at radius 2 is 2.36 bits per heavy atom. The molecule has 0 aromatic carbocycles. The molecule has 11 heavy (non-hydrogen) atoms. The summed E-state index contributed by atoms with van der Waals surface area (Å²) < 4.78 is 4.88. The Bertz CT molecular complexity index is 244. The van der Waals surface area contributed by atoms with Gasteiger partial charge in [-0.25, -0.2) is 0 Å². The first kappa shape index (κ1) is 7.10. The van der Waals surface area contributed by atoms with Gasteiger partial charge in [0.2, 0.25) is 5.89 Å². The smallest absolute Gasteiger partial charge is 0.263 e. The summed E-state index contributed by atoms with van der Waals surface area (Å²) >= 11 is 5.49. The molecule has 1 heterocycles. The van der Waals surface area contributed by atoms with Gasteiger partial charge in [0.1, 0.15) is 0 Å². The lowest BCUT2D eigenvalue weighted by atomic mass is 9.83. The lowest BCUT2D eigenvalue weighted by Gasteiger charge is -2.22. The number of halogens is 1. The van der Waals surface area contributed by atoms with Crippen molar-refractivity contribution in [1.29, 1.82) is 0 Å². The van der Waals surface area contributed by atoms with Crippen molar-refractivity contribution >= 4 is 11.6 Å². The molecule has 1 aliphatic carbocycles. The first-order valence-electron chi connectivity index (χ1n) is 3.82. The molecule has 60 valence electrons. The summed E-state index contributed by atoms with van der Waals surface area (Å²) in [5.74, 6) is 1.44. The second-order valence-electron chi connectivity index (χ2n) is 2.96. The zero-order valence-electron chi connectivity index (χ0n) is 6.09. The van der Waals surface area contributed by atoms with Crippen molar-refractivity contribution in [2.24, 2.45) is 5.92 Å². The van der Waals surface area contributed by atoms with Gasteiger partial charge in [0.05, 0.1) is 0 Å². The highest BCUT2D eigenvalue weighted by molar-refractivity contribution is 6.28. The molecule has 0 bridgehead atoms. The number of rotatable bonds is 2. The molecule has 1 aliphatic rings. The van der Waals surface area contributed by atoms with Crippen LogP contribution in [0.4, 0.5) is 0 Å². The van der Waals surface area contributed by atoms with Crippen LogP contribution in [0.1, 0.15) is 25.2 Å². The minimum atomic E-state index is 0.222. The van der Waals surface area contributed by atoms with Gasteiger partial charge in [-0.05, 0) is 35.5 Å². The first-order valence-corrected chi connectivity index (χ1v) is 4.20. The Morgan fingerprint density at radius 1 is 1.55 bits per heavy atom. The van der Waals surface area contributed by atoms with E-state index in [0.717, 1.165) is 12.3 Å². The number of nitrogens with zero attached hydrogens (tertiary/aromatic N) is 2. The molecule has 1 saturated carbocycles. The van der Waals surface area contributed by atoms with Crippen molar-refractivity contribution in [3.05, 3.63) is 11.2 Å². The second kappa shape index (κ2) is 2.81. The maximum absolute atomic E-state index is 5.49. The van der Waals surface area contributed by atoms with Crippen molar-refractivity contribution in [3.63, 3.8) is 0 Å². The second-order valence-corrected chi connectivity index (χ2v) is 3.30. The average Bonchev–Trinajstić information content (AvgIpc) is 2.27. The van der Waals surface area contributed by atoms with Crippen LogP contribution in [0.15, 0.2) is 4.52 Å². The molecule has 4 heteroatoms. The minimum Gasteiger partial charge on any atom is -0.338 e. The topological polar surface area (TPSA) is 38.9 Å². The quantitative estimate of drug-likeness (QED) is 0.686. The van der Waals surface area contributed by atoms with Crippen molar-refractivity contribution < 1.29 is 4.52 Å². The van der Waals surface area contributed by atoms with E-state index in [1.165, 1.54) is 19.3 Å². The normalized spacial score (nSPS) is 18.3. The molecule has 1 aromatic heterocycles. The van der Waals surface area contributed by atoms with Crippen LogP contribution in [0.3, 0.4) is 0 Å². The molecule has 0 radical (unpaired) electrons. The summed E-state index contributed by atoms with van der Waals surface area (Å²) in [5.41, 5.74) is 0. The van der Waals surface area contributed by atoms with Gasteiger partial charge in [0.25, 0.3) is 5.28 Å². The standard InChI is InChI=1S/C7H9ClN2O/c8-7-9-6(11-10-7)4-5-2-1-3-5/h5H,1-4H2. The van der Waals surface area contributed by atoms with Gasteiger partial charge >= 0.3 is 0 Å². The number of aromatic nitrogens is 2. The minimum absolute atomic E-state index is 0.222. The molecular weight excluding hydrogens is 164 g/mol. The van der Waals surface area contributed by atoms with Gasteiger partial charge in [-0.15, -0.1) is 0 Å². The molecule has 1 aromatic rings. The van der Waals surface area contributed by atoms with Gasteiger partial charge in [-0.2, -0.15) is 4.98 Å². The third-order valence-corrected chi connectivity index (χ3v) is 2.28. The van der Waals surface area contributed by atoms with Crippen molar-refractivity contribution in [3.8, 4) is 0 Å². The van der Waals surface area contributed by atoms with E-state index in [2.05, 4.69) is 10.1 Å². The lowest BCUT2D eigenvalue weighted by molar-refractivity contribution is 0.273. The summed E-state index contributed by atoms with van der Waals surface area (Å²) in [4.78, 5) is 3.92. The Kier molecular flexibility index (Phi) is 1.82. The summed E-state index contributed by atoms with van der Waals surface area (Å²) in [7, 11) is 0. The Morgan fingerprint density at radius 3 is 2.82 bits per heavy atom. The third-order valence-electron chi connectivity index (χ3n) is 2.13. The van der Waals surface area contributed by atoms with E-state index in [9.17, 15) is 0 Å². The van der Waals surface area contributed by atoms with E-state index in [1.807, 2.05) is 0 Å². The Balaban J connectivity index is 1.95. The number of hydrogen-bond acceptors (Lipinski definition) is 3. The van der Waals surface area contributed by atoms with Crippen LogP contribution in [0.25, 0.3) is 0 Å². The molecule has 1 fully saturated rings. The van der Waals surface area contributed by atoms with E-state index < -0.39 is 0 Å². The molecule has 0 aliphatic heterocycles. The Labute approximate surface area is 69.7 Å². The van der Waals surface area contributed by atoms with Crippen molar-refractivity contribution in [2.75, 3.05) is 0 Å². The largest absolute Gasteiger partial charge is 0.338 e. The van der Waals surface area contributed by atoms with Gasteiger partial charge < -0.3 is 4.52 Å². The molecule has 0 amide bonds. The summed E-state index contributed by atoms with van der Waals surface area (Å²) in [6, 6.07) is 0. The monoisotopic (exact) mass is 172 g/mol. The summed E-state index contributed by atoms with van der Waals surface area (Å²) in [5, 5.41) is 3.73. The van der Waals surface area contributed by atoms with E-state index in [0.29, 0.717) is 5.89 Å². The predicted molar refractivity (Wildman–Crippen MR) is 40.4 cm³/mol. The van der Waals surface area contributed by atoms with Gasteiger partial charge in [0.15, 0.2) is 0 Å². The Hall–Kier alpha value is -0.570. The molecule has 0 spiro atoms. The van der Waals surface area contributed by atoms with Crippen LogP contribution < -0.4 is 0 Å². The zero-order valence-corrected chi connectivity index (χ0v) is 6.84. The van der Waals surface area contributed by atoms with Gasteiger partial charge in [-0.3, -0.25) is 0 Å². The fourth-order valence-electron chi connectivity index (χ4n) is 1.26. The average molecular weight is 173 g/mol. The third kappa shape index (κ3) is 1.53. The van der Waals surface area contributed by atoms with Crippen LogP contribution in [0.5, 0.6) is 0 Å². The predicted octanol–water partition coefficient (Wildman–Crippen LogP) is 2.07. The van der Waals surface area contributed by atoms with Crippen LogP contribution in [0.2, 0.25) is 5.28 Å².